The summed E-state index contributed by atoms with van der Waals surface area (Å²) in [7, 11) is 1.78. The molecular formula is C19H27N5O2. The normalized spacial score (nSPS) is 32.1. The Morgan fingerprint density at radius 2 is 2.00 bits per heavy atom. The van der Waals surface area contributed by atoms with Gasteiger partial charge in [0.05, 0.1) is 0 Å². The molecule has 3 fully saturated rings. The second-order valence-electron chi connectivity index (χ2n) is 7.70. The third kappa shape index (κ3) is 2.49. The molecule has 0 aromatic heterocycles. The fourth-order valence-corrected chi connectivity index (χ4v) is 4.52. The van der Waals surface area contributed by atoms with Crippen LogP contribution in [0.1, 0.15) is 19.4 Å². The molecule has 0 radical (unpaired) electrons. The van der Waals surface area contributed by atoms with Gasteiger partial charge >= 0.3 is 6.03 Å². The molecule has 3 saturated heterocycles. The zero-order valence-corrected chi connectivity index (χ0v) is 15.8. The predicted molar refractivity (Wildman–Crippen MR) is 99.4 cm³/mol. The van der Waals surface area contributed by atoms with Crippen molar-refractivity contribution in [3.8, 4) is 0 Å². The Kier molecular flexibility index (Phi) is 4.16. The summed E-state index contributed by atoms with van der Waals surface area (Å²) in [5.74, 6) is 0.340. The van der Waals surface area contributed by atoms with Crippen molar-refractivity contribution in [1.82, 2.24) is 20.0 Å². The van der Waals surface area contributed by atoms with Gasteiger partial charge in [-0.15, -0.1) is 0 Å². The molecule has 4 atom stereocenters. The van der Waals surface area contributed by atoms with E-state index in [9.17, 15) is 9.59 Å². The Morgan fingerprint density at radius 3 is 2.69 bits per heavy atom. The molecule has 3 aliphatic heterocycles. The fourth-order valence-electron chi connectivity index (χ4n) is 4.52. The highest BCUT2D eigenvalue weighted by Gasteiger charge is 2.56. The number of hydrogen-bond acceptors (Lipinski definition) is 5. The molecule has 4 unspecified atom stereocenters. The van der Waals surface area contributed by atoms with Crippen LogP contribution >= 0.6 is 0 Å². The number of anilines is 1. The quantitative estimate of drug-likeness (QED) is 0.863. The van der Waals surface area contributed by atoms with Crippen LogP contribution in [0.25, 0.3) is 0 Å². The largest absolute Gasteiger partial charge is 0.343 e. The van der Waals surface area contributed by atoms with Crippen molar-refractivity contribution in [3.05, 3.63) is 29.8 Å². The van der Waals surface area contributed by atoms with Crippen molar-refractivity contribution in [2.45, 2.75) is 39.3 Å². The van der Waals surface area contributed by atoms with Gasteiger partial charge in [-0.25, -0.2) is 4.79 Å². The van der Waals surface area contributed by atoms with Crippen LogP contribution in [0.5, 0.6) is 0 Å². The van der Waals surface area contributed by atoms with Crippen molar-refractivity contribution in [2.75, 3.05) is 31.6 Å². The second-order valence-corrected chi connectivity index (χ2v) is 7.70. The van der Waals surface area contributed by atoms with Gasteiger partial charge in [-0.2, -0.15) is 0 Å². The standard InChI is InChI=1S/C19H27N5O2/c1-5-22-17(25)15-16(21(4)19(22)26)20-18-23(10-13(3)11-24(15)18)14-8-6-7-12(2)9-14/h6-9,13,15-16,18,20H,5,10-11H2,1-4H3. The summed E-state index contributed by atoms with van der Waals surface area (Å²) in [4.78, 5) is 33.2. The topological polar surface area (TPSA) is 59.1 Å². The summed E-state index contributed by atoms with van der Waals surface area (Å²) >= 11 is 0. The fraction of sp³-hybridized carbons (Fsp3) is 0.579. The zero-order valence-electron chi connectivity index (χ0n) is 15.8. The summed E-state index contributed by atoms with van der Waals surface area (Å²) in [5.41, 5.74) is 2.36. The smallest absolute Gasteiger partial charge is 0.327 e. The molecular weight excluding hydrogens is 330 g/mol. The summed E-state index contributed by atoms with van der Waals surface area (Å²) in [6, 6.07) is 7.89. The first kappa shape index (κ1) is 17.3. The number of amides is 3. The van der Waals surface area contributed by atoms with E-state index in [1.807, 2.05) is 6.92 Å². The van der Waals surface area contributed by atoms with Gasteiger partial charge < -0.3 is 9.80 Å². The van der Waals surface area contributed by atoms with E-state index in [0.717, 1.165) is 18.8 Å². The van der Waals surface area contributed by atoms with E-state index < -0.39 is 0 Å². The van der Waals surface area contributed by atoms with Crippen molar-refractivity contribution in [2.24, 2.45) is 5.92 Å². The van der Waals surface area contributed by atoms with Crippen LogP contribution < -0.4 is 10.2 Å². The van der Waals surface area contributed by atoms with Crippen LogP contribution in [0.4, 0.5) is 10.5 Å². The van der Waals surface area contributed by atoms with Crippen LogP contribution in [-0.2, 0) is 4.79 Å². The minimum absolute atomic E-state index is 0.0843. The van der Waals surface area contributed by atoms with E-state index >= 15 is 0 Å². The molecule has 0 spiro atoms. The number of carbonyl (C=O) groups excluding carboxylic acids is 2. The molecule has 0 bridgehead atoms. The lowest BCUT2D eigenvalue weighted by molar-refractivity contribution is -0.138. The van der Waals surface area contributed by atoms with Crippen molar-refractivity contribution in [3.63, 3.8) is 0 Å². The predicted octanol–water partition coefficient (Wildman–Crippen LogP) is 1.25. The molecule has 140 valence electrons. The molecule has 7 nitrogen and oxygen atoms in total. The maximum absolute atomic E-state index is 13.0. The molecule has 3 heterocycles. The summed E-state index contributed by atoms with van der Waals surface area (Å²) in [6.07, 6.45) is -0.376. The molecule has 1 aromatic rings. The number of likely N-dealkylation sites (N-methyl/N-ethyl adjacent to an activating group) is 2. The van der Waals surface area contributed by atoms with Crippen molar-refractivity contribution in [1.29, 1.82) is 0 Å². The van der Waals surface area contributed by atoms with E-state index in [-0.39, 0.29) is 30.4 Å². The van der Waals surface area contributed by atoms with E-state index in [0.29, 0.717) is 12.5 Å². The third-order valence-corrected chi connectivity index (χ3v) is 5.73. The Balaban J connectivity index is 1.71. The van der Waals surface area contributed by atoms with Gasteiger partial charge in [0.15, 0.2) is 0 Å². The number of nitrogens with zero attached hydrogens (tertiary/aromatic N) is 4. The number of carbonyl (C=O) groups is 2. The number of nitrogens with one attached hydrogen (secondary N) is 1. The molecule has 3 aliphatic rings. The highest BCUT2D eigenvalue weighted by atomic mass is 16.2. The first-order chi connectivity index (χ1) is 12.4. The zero-order chi connectivity index (χ0) is 18.6. The first-order valence-corrected chi connectivity index (χ1v) is 9.35. The molecule has 7 heteroatoms. The number of benzene rings is 1. The lowest BCUT2D eigenvalue weighted by Crippen LogP contribution is -2.66. The molecule has 0 saturated carbocycles. The second kappa shape index (κ2) is 6.25. The maximum Gasteiger partial charge on any atom is 0.327 e. The number of rotatable bonds is 2. The van der Waals surface area contributed by atoms with Crippen molar-refractivity contribution < 1.29 is 9.59 Å². The first-order valence-electron chi connectivity index (χ1n) is 9.35. The van der Waals surface area contributed by atoms with Gasteiger partial charge in [0, 0.05) is 32.4 Å². The summed E-state index contributed by atoms with van der Waals surface area (Å²) in [6.45, 7) is 8.31. The Bertz CT molecular complexity index is 738. The molecule has 26 heavy (non-hydrogen) atoms. The maximum atomic E-state index is 13.0. The lowest BCUT2D eigenvalue weighted by Gasteiger charge is -2.46. The molecule has 3 amide bonds. The average Bonchev–Trinajstić information content (AvgIpc) is 2.99. The van der Waals surface area contributed by atoms with E-state index in [4.69, 9.17) is 0 Å². The van der Waals surface area contributed by atoms with E-state index in [1.165, 1.54) is 10.5 Å². The van der Waals surface area contributed by atoms with E-state index in [2.05, 4.69) is 53.2 Å². The van der Waals surface area contributed by atoms with Crippen LogP contribution in [0.3, 0.4) is 0 Å². The van der Waals surface area contributed by atoms with Crippen molar-refractivity contribution >= 4 is 17.6 Å². The lowest BCUT2D eigenvalue weighted by atomic mass is 10.0. The molecule has 1 N–H and O–H groups in total. The van der Waals surface area contributed by atoms with Gasteiger partial charge in [-0.05, 0) is 37.5 Å². The minimum Gasteiger partial charge on any atom is -0.343 e. The highest BCUT2D eigenvalue weighted by Crippen LogP contribution is 2.34. The highest BCUT2D eigenvalue weighted by molar-refractivity contribution is 6.00. The van der Waals surface area contributed by atoms with Gasteiger partial charge in [-0.1, -0.05) is 19.1 Å². The monoisotopic (exact) mass is 357 g/mol. The van der Waals surface area contributed by atoms with Gasteiger partial charge in [0.25, 0.3) is 5.91 Å². The molecule has 0 aliphatic carbocycles. The Hall–Kier alpha value is -2.12. The summed E-state index contributed by atoms with van der Waals surface area (Å²) in [5, 5.41) is 3.55. The number of aryl methyl sites for hydroxylation is 1. The number of hydrogen-bond donors (Lipinski definition) is 1. The van der Waals surface area contributed by atoms with Crippen LogP contribution in [-0.4, -0.2) is 71.8 Å². The van der Waals surface area contributed by atoms with Gasteiger partial charge in [0.2, 0.25) is 0 Å². The summed E-state index contributed by atoms with van der Waals surface area (Å²) < 4.78 is 0. The SMILES string of the molecule is CCN1C(=O)C2C(NC3N(c4cccc(C)c4)CC(C)CN23)N(C)C1=O. The average molecular weight is 357 g/mol. The van der Waals surface area contributed by atoms with Crippen LogP contribution in [0.2, 0.25) is 0 Å². The Morgan fingerprint density at radius 1 is 1.23 bits per heavy atom. The van der Waals surface area contributed by atoms with Gasteiger partial charge in [0.1, 0.15) is 18.5 Å². The number of imide groups is 1. The molecule has 1 aromatic carbocycles. The number of urea groups is 1. The Labute approximate surface area is 154 Å². The minimum atomic E-state index is -0.335. The third-order valence-electron chi connectivity index (χ3n) is 5.73. The molecule has 4 rings (SSSR count). The van der Waals surface area contributed by atoms with Gasteiger partial charge in [-0.3, -0.25) is 19.9 Å². The number of fused-ring (bicyclic) bond motifs is 3. The van der Waals surface area contributed by atoms with Crippen LogP contribution in [0, 0.1) is 12.8 Å². The van der Waals surface area contributed by atoms with E-state index in [1.54, 1.807) is 11.9 Å². The van der Waals surface area contributed by atoms with Crippen LogP contribution in [0.15, 0.2) is 24.3 Å².